The number of carbonyl (C=O) groups excluding carboxylic acids is 1. The van der Waals surface area contributed by atoms with Crippen molar-refractivity contribution in [1.82, 2.24) is 5.32 Å². The maximum atomic E-state index is 13.1. The standard InChI is InChI=1S/C33H29N3O3/c1-22(24-10-8-23(20-34)9-11-24)35-32(37)28-16-17-31-27(19-28)6-4-18-36(31)21-29-5-2-3-7-30(29)25-12-14-26(15-13-25)33(38)39/h2-3,5,7-17,19,22H,4,6,18,21H2,1H3,(H,35,37)(H,38,39)/t22-/m0/s1. The fourth-order valence-electron chi connectivity index (χ4n) is 5.13. The van der Waals surface area contributed by atoms with E-state index in [-0.39, 0.29) is 17.5 Å². The van der Waals surface area contributed by atoms with Gasteiger partial charge in [0.05, 0.1) is 23.2 Å². The normalized spacial score (nSPS) is 13.2. The lowest BCUT2D eigenvalue weighted by Crippen LogP contribution is -2.30. The van der Waals surface area contributed by atoms with E-state index in [4.69, 9.17) is 5.26 Å². The fourth-order valence-corrected chi connectivity index (χ4v) is 5.13. The highest BCUT2D eigenvalue weighted by molar-refractivity contribution is 5.95. The number of nitrogens with one attached hydrogen (secondary N) is 1. The largest absolute Gasteiger partial charge is 0.478 e. The molecule has 1 atom stereocenters. The van der Waals surface area contributed by atoms with Crippen LogP contribution in [0.15, 0.2) is 91.0 Å². The smallest absolute Gasteiger partial charge is 0.335 e. The quantitative estimate of drug-likeness (QED) is 0.298. The van der Waals surface area contributed by atoms with Crippen LogP contribution in [0.1, 0.15) is 62.4 Å². The van der Waals surface area contributed by atoms with Gasteiger partial charge >= 0.3 is 5.97 Å². The van der Waals surface area contributed by atoms with E-state index in [1.54, 1.807) is 24.3 Å². The molecule has 0 radical (unpaired) electrons. The average Bonchev–Trinajstić information content (AvgIpc) is 2.97. The van der Waals surface area contributed by atoms with E-state index in [1.165, 1.54) is 0 Å². The Morgan fingerprint density at radius 3 is 2.41 bits per heavy atom. The van der Waals surface area contributed by atoms with Gasteiger partial charge in [-0.05, 0) is 90.0 Å². The molecular weight excluding hydrogens is 486 g/mol. The molecule has 0 bridgehead atoms. The fraction of sp³-hybridized carbons (Fsp3) is 0.182. The molecule has 39 heavy (non-hydrogen) atoms. The first kappa shape index (κ1) is 25.7. The van der Waals surface area contributed by atoms with Crippen LogP contribution >= 0.6 is 0 Å². The second-order valence-corrected chi connectivity index (χ2v) is 9.84. The number of fused-ring (bicyclic) bond motifs is 1. The Kier molecular flexibility index (Phi) is 7.42. The first-order valence-corrected chi connectivity index (χ1v) is 13.0. The van der Waals surface area contributed by atoms with E-state index < -0.39 is 5.97 Å². The minimum atomic E-state index is -0.934. The molecule has 2 N–H and O–H groups in total. The van der Waals surface area contributed by atoms with Gasteiger partial charge < -0.3 is 15.3 Å². The summed E-state index contributed by atoms with van der Waals surface area (Å²) in [6.07, 6.45) is 1.91. The number of carbonyl (C=O) groups is 2. The highest BCUT2D eigenvalue weighted by Gasteiger charge is 2.21. The van der Waals surface area contributed by atoms with Crippen LogP contribution in [0, 0.1) is 11.3 Å². The summed E-state index contributed by atoms with van der Waals surface area (Å²) in [5, 5.41) is 21.3. The second-order valence-electron chi connectivity index (χ2n) is 9.84. The molecule has 1 amide bonds. The molecular formula is C33H29N3O3. The Morgan fingerprint density at radius 2 is 1.69 bits per heavy atom. The minimum Gasteiger partial charge on any atom is -0.478 e. The second kappa shape index (κ2) is 11.2. The molecule has 5 rings (SSSR count). The zero-order chi connectivity index (χ0) is 27.4. The molecule has 0 fully saturated rings. The van der Waals surface area contributed by atoms with Crippen molar-refractivity contribution in [2.24, 2.45) is 0 Å². The number of carboxylic acids is 1. The lowest BCUT2D eigenvalue weighted by atomic mass is 9.95. The number of rotatable bonds is 7. The van der Waals surface area contributed by atoms with Crippen molar-refractivity contribution in [3.63, 3.8) is 0 Å². The summed E-state index contributed by atoms with van der Waals surface area (Å²) < 4.78 is 0. The molecule has 0 unspecified atom stereocenters. The van der Waals surface area contributed by atoms with Gasteiger partial charge in [0.25, 0.3) is 5.91 Å². The van der Waals surface area contributed by atoms with Gasteiger partial charge in [0.15, 0.2) is 0 Å². The Hall–Kier alpha value is -4.89. The van der Waals surface area contributed by atoms with Crippen LogP contribution in [0.5, 0.6) is 0 Å². The van der Waals surface area contributed by atoms with Gasteiger partial charge in [-0.3, -0.25) is 4.79 Å². The number of nitriles is 1. The molecule has 6 heteroatoms. The topological polar surface area (TPSA) is 93.4 Å². The highest BCUT2D eigenvalue weighted by Crippen LogP contribution is 2.32. The molecule has 0 saturated carbocycles. The molecule has 0 spiro atoms. The molecule has 194 valence electrons. The summed E-state index contributed by atoms with van der Waals surface area (Å²) in [7, 11) is 0. The van der Waals surface area contributed by atoms with Crippen molar-refractivity contribution in [3.8, 4) is 17.2 Å². The average molecular weight is 516 g/mol. The molecule has 1 aliphatic rings. The number of benzene rings is 4. The molecule has 4 aromatic rings. The molecule has 1 aliphatic heterocycles. The molecule has 6 nitrogen and oxygen atoms in total. The van der Waals surface area contributed by atoms with Crippen LogP contribution in [0.3, 0.4) is 0 Å². The van der Waals surface area contributed by atoms with Gasteiger partial charge in [-0.1, -0.05) is 48.5 Å². The van der Waals surface area contributed by atoms with Crippen LogP contribution in [-0.4, -0.2) is 23.5 Å². The lowest BCUT2D eigenvalue weighted by molar-refractivity contribution is 0.0696. The van der Waals surface area contributed by atoms with E-state index in [9.17, 15) is 14.7 Å². The van der Waals surface area contributed by atoms with E-state index in [2.05, 4.69) is 28.4 Å². The third kappa shape index (κ3) is 5.68. The number of hydrogen-bond acceptors (Lipinski definition) is 4. The third-order valence-electron chi connectivity index (χ3n) is 7.27. The SMILES string of the molecule is C[C@H](NC(=O)c1ccc2c(c1)CCCN2Cc1ccccc1-c1ccc(C(=O)O)cc1)c1ccc(C#N)cc1. The first-order valence-electron chi connectivity index (χ1n) is 13.0. The number of nitrogens with zero attached hydrogens (tertiary/aromatic N) is 2. The summed E-state index contributed by atoms with van der Waals surface area (Å²) in [5.41, 5.74) is 7.95. The Morgan fingerprint density at radius 1 is 0.974 bits per heavy atom. The van der Waals surface area contributed by atoms with Crippen LogP contribution in [0.25, 0.3) is 11.1 Å². The number of amides is 1. The summed E-state index contributed by atoms with van der Waals surface area (Å²) in [5.74, 6) is -1.06. The molecule has 4 aromatic carbocycles. The van der Waals surface area contributed by atoms with Crippen molar-refractivity contribution in [2.45, 2.75) is 32.4 Å². The number of aromatic carboxylic acids is 1. The minimum absolute atomic E-state index is 0.123. The summed E-state index contributed by atoms with van der Waals surface area (Å²) in [4.78, 5) is 26.7. The van der Waals surface area contributed by atoms with Crippen molar-refractivity contribution >= 4 is 17.6 Å². The number of aryl methyl sites for hydroxylation is 1. The van der Waals surface area contributed by atoms with Gasteiger partial charge in [0, 0.05) is 24.3 Å². The monoisotopic (exact) mass is 515 g/mol. The van der Waals surface area contributed by atoms with Crippen molar-refractivity contribution in [1.29, 1.82) is 5.26 Å². The number of anilines is 1. The Labute approximate surface area is 228 Å². The van der Waals surface area contributed by atoms with Crippen molar-refractivity contribution in [3.05, 3.63) is 124 Å². The third-order valence-corrected chi connectivity index (χ3v) is 7.27. The summed E-state index contributed by atoms with van der Waals surface area (Å²) in [6.45, 7) is 3.57. The van der Waals surface area contributed by atoms with Crippen molar-refractivity contribution in [2.75, 3.05) is 11.4 Å². The van der Waals surface area contributed by atoms with Crippen LogP contribution < -0.4 is 10.2 Å². The van der Waals surface area contributed by atoms with Crippen LogP contribution in [-0.2, 0) is 13.0 Å². The molecule has 1 heterocycles. The van der Waals surface area contributed by atoms with Gasteiger partial charge in [-0.25, -0.2) is 4.79 Å². The lowest BCUT2D eigenvalue weighted by Gasteiger charge is -2.32. The zero-order valence-corrected chi connectivity index (χ0v) is 21.7. The summed E-state index contributed by atoms with van der Waals surface area (Å²) >= 11 is 0. The van der Waals surface area contributed by atoms with Gasteiger partial charge in [0.1, 0.15) is 0 Å². The highest BCUT2D eigenvalue weighted by atomic mass is 16.4. The van der Waals surface area contributed by atoms with E-state index >= 15 is 0 Å². The molecule has 0 aromatic heterocycles. The Bertz CT molecular complexity index is 1550. The Balaban J connectivity index is 1.33. The maximum Gasteiger partial charge on any atom is 0.335 e. The first-order chi connectivity index (χ1) is 18.9. The van der Waals surface area contributed by atoms with E-state index in [0.29, 0.717) is 17.7 Å². The predicted molar refractivity (Wildman–Crippen MR) is 152 cm³/mol. The van der Waals surface area contributed by atoms with Crippen LogP contribution in [0.2, 0.25) is 0 Å². The molecule has 0 saturated heterocycles. The number of carboxylic acid groups (broad SMARTS) is 1. The van der Waals surface area contributed by atoms with Gasteiger partial charge in [-0.2, -0.15) is 5.26 Å². The number of hydrogen-bond donors (Lipinski definition) is 2. The van der Waals surface area contributed by atoms with Gasteiger partial charge in [0.2, 0.25) is 0 Å². The summed E-state index contributed by atoms with van der Waals surface area (Å²) in [6, 6.07) is 30.3. The van der Waals surface area contributed by atoms with Gasteiger partial charge in [-0.15, -0.1) is 0 Å². The van der Waals surface area contributed by atoms with Crippen molar-refractivity contribution < 1.29 is 14.7 Å². The maximum absolute atomic E-state index is 13.1. The van der Waals surface area contributed by atoms with E-state index in [1.807, 2.05) is 61.5 Å². The zero-order valence-electron chi connectivity index (χ0n) is 21.7. The van der Waals surface area contributed by atoms with Crippen LogP contribution in [0.4, 0.5) is 5.69 Å². The molecule has 0 aliphatic carbocycles. The van der Waals surface area contributed by atoms with E-state index in [0.717, 1.165) is 52.9 Å². The predicted octanol–water partition coefficient (Wildman–Crippen LogP) is 6.37.